The number of aromatic nitrogens is 1. The van der Waals surface area contributed by atoms with Crippen LogP contribution in [0.3, 0.4) is 0 Å². The Morgan fingerprint density at radius 1 is 0.806 bits per heavy atom. The number of rotatable bonds is 7. The molecular formula is C24H28N4O2S. The summed E-state index contributed by atoms with van der Waals surface area (Å²) >= 11 is 0. The number of hydrogen-bond donors (Lipinski definition) is 0. The lowest BCUT2D eigenvalue weighted by Gasteiger charge is -2.31. The third-order valence-electron chi connectivity index (χ3n) is 5.58. The molecule has 3 aromatic rings. The summed E-state index contributed by atoms with van der Waals surface area (Å²) in [5.74, 6) is 0.755. The van der Waals surface area contributed by atoms with E-state index in [0.717, 1.165) is 18.9 Å². The van der Waals surface area contributed by atoms with E-state index in [4.69, 9.17) is 0 Å². The second kappa shape index (κ2) is 9.60. The van der Waals surface area contributed by atoms with E-state index < -0.39 is 10.0 Å². The largest absolute Gasteiger partial charge is 0.348 e. The summed E-state index contributed by atoms with van der Waals surface area (Å²) in [6, 6.07) is 23.9. The predicted molar refractivity (Wildman–Crippen MR) is 123 cm³/mol. The molecule has 0 bridgehead atoms. The molecule has 0 atom stereocenters. The molecule has 7 heteroatoms. The molecule has 1 fully saturated rings. The molecule has 2 aromatic carbocycles. The maximum Gasteiger partial charge on any atom is 0.244 e. The fourth-order valence-corrected chi connectivity index (χ4v) is 5.08. The number of sulfonamides is 1. The molecule has 31 heavy (non-hydrogen) atoms. The quantitative estimate of drug-likeness (QED) is 0.569. The van der Waals surface area contributed by atoms with Gasteiger partial charge in [-0.1, -0.05) is 60.7 Å². The fraction of sp³-hybridized carbons (Fsp3) is 0.292. The minimum atomic E-state index is -3.52. The van der Waals surface area contributed by atoms with Crippen LogP contribution in [-0.2, 0) is 23.1 Å². The van der Waals surface area contributed by atoms with Crippen molar-refractivity contribution < 1.29 is 8.42 Å². The average Bonchev–Trinajstić information content (AvgIpc) is 2.80. The standard InChI is InChI=1S/C24H28N4O2S/c1-26-14-16-28(17-15-26)31(29,30)23-12-13-24(25-18-23)27(19-21-8-4-2-5-9-21)20-22-10-6-3-7-11-22/h2-13,18H,14-17,19-20H2,1H3. The van der Waals surface area contributed by atoms with Gasteiger partial charge in [0, 0.05) is 45.5 Å². The van der Waals surface area contributed by atoms with Gasteiger partial charge in [0.05, 0.1) is 0 Å². The van der Waals surface area contributed by atoms with Crippen molar-refractivity contribution in [3.05, 3.63) is 90.1 Å². The van der Waals surface area contributed by atoms with Crippen LogP contribution in [-0.4, -0.2) is 55.8 Å². The minimum absolute atomic E-state index is 0.250. The first-order chi connectivity index (χ1) is 15.0. The summed E-state index contributed by atoms with van der Waals surface area (Å²) < 4.78 is 27.6. The van der Waals surface area contributed by atoms with E-state index in [2.05, 4.69) is 39.0 Å². The molecule has 162 valence electrons. The van der Waals surface area contributed by atoms with Crippen LogP contribution in [0.25, 0.3) is 0 Å². The normalized spacial score (nSPS) is 15.6. The highest BCUT2D eigenvalue weighted by atomic mass is 32.2. The number of benzene rings is 2. The Kier molecular flexibility index (Phi) is 6.65. The monoisotopic (exact) mass is 436 g/mol. The van der Waals surface area contributed by atoms with Crippen LogP contribution in [0.1, 0.15) is 11.1 Å². The van der Waals surface area contributed by atoms with Crippen LogP contribution >= 0.6 is 0 Å². The molecule has 0 amide bonds. The molecule has 4 rings (SSSR count). The van der Waals surface area contributed by atoms with Crippen molar-refractivity contribution in [1.82, 2.24) is 14.2 Å². The zero-order valence-corrected chi connectivity index (χ0v) is 18.6. The van der Waals surface area contributed by atoms with Gasteiger partial charge in [-0.15, -0.1) is 0 Å². The molecular weight excluding hydrogens is 408 g/mol. The maximum atomic E-state index is 13.0. The summed E-state index contributed by atoms with van der Waals surface area (Å²) in [7, 11) is -1.51. The molecule has 0 spiro atoms. The number of piperazine rings is 1. The highest BCUT2D eigenvalue weighted by Gasteiger charge is 2.27. The Morgan fingerprint density at radius 3 is 1.84 bits per heavy atom. The number of likely N-dealkylation sites (N-methyl/N-ethyl adjacent to an activating group) is 1. The zero-order chi connectivity index (χ0) is 21.7. The number of anilines is 1. The lowest BCUT2D eigenvalue weighted by molar-refractivity contribution is 0.222. The Bertz CT molecular complexity index is 1020. The van der Waals surface area contributed by atoms with E-state index in [1.54, 1.807) is 10.4 Å². The Hall–Kier alpha value is -2.74. The van der Waals surface area contributed by atoms with Crippen molar-refractivity contribution in [3.8, 4) is 0 Å². The van der Waals surface area contributed by atoms with E-state index in [1.165, 1.54) is 17.3 Å². The third-order valence-corrected chi connectivity index (χ3v) is 7.46. The summed E-state index contributed by atoms with van der Waals surface area (Å²) in [6.07, 6.45) is 1.49. The third kappa shape index (κ3) is 5.31. The number of hydrogen-bond acceptors (Lipinski definition) is 5. The Morgan fingerprint density at radius 2 is 1.35 bits per heavy atom. The second-order valence-electron chi connectivity index (χ2n) is 7.89. The van der Waals surface area contributed by atoms with Crippen molar-refractivity contribution in [3.63, 3.8) is 0 Å². The number of nitrogens with zero attached hydrogens (tertiary/aromatic N) is 4. The average molecular weight is 437 g/mol. The molecule has 1 saturated heterocycles. The van der Waals surface area contributed by atoms with E-state index in [1.807, 2.05) is 49.5 Å². The van der Waals surface area contributed by atoms with Gasteiger partial charge in [-0.25, -0.2) is 13.4 Å². The van der Waals surface area contributed by atoms with Crippen molar-refractivity contribution in [1.29, 1.82) is 0 Å². The van der Waals surface area contributed by atoms with E-state index in [0.29, 0.717) is 26.2 Å². The smallest absolute Gasteiger partial charge is 0.244 e. The summed E-state index contributed by atoms with van der Waals surface area (Å²) in [5, 5.41) is 0. The van der Waals surface area contributed by atoms with E-state index >= 15 is 0 Å². The van der Waals surface area contributed by atoms with Crippen molar-refractivity contribution in [2.24, 2.45) is 0 Å². The van der Waals surface area contributed by atoms with Gasteiger partial charge < -0.3 is 9.80 Å². The first-order valence-corrected chi connectivity index (χ1v) is 11.9. The first kappa shape index (κ1) is 21.5. The second-order valence-corrected chi connectivity index (χ2v) is 9.82. The molecule has 1 aliphatic heterocycles. The SMILES string of the molecule is CN1CCN(S(=O)(=O)c2ccc(N(Cc3ccccc3)Cc3ccccc3)nc2)CC1. The van der Waals surface area contributed by atoms with Gasteiger partial charge in [-0.2, -0.15) is 4.31 Å². The molecule has 1 aliphatic rings. The van der Waals surface area contributed by atoms with Crippen LogP contribution in [0.15, 0.2) is 83.9 Å². The van der Waals surface area contributed by atoms with Gasteiger partial charge >= 0.3 is 0 Å². The van der Waals surface area contributed by atoms with Crippen LogP contribution in [0, 0.1) is 0 Å². The molecule has 6 nitrogen and oxygen atoms in total. The van der Waals surface area contributed by atoms with Gasteiger partial charge in [0.2, 0.25) is 10.0 Å². The lowest BCUT2D eigenvalue weighted by atomic mass is 10.1. The van der Waals surface area contributed by atoms with Gasteiger partial charge in [-0.3, -0.25) is 0 Å². The topological polar surface area (TPSA) is 56.8 Å². The van der Waals surface area contributed by atoms with Crippen molar-refractivity contribution in [2.45, 2.75) is 18.0 Å². The molecule has 0 radical (unpaired) electrons. The molecule has 2 heterocycles. The number of pyridine rings is 1. The molecule has 1 aromatic heterocycles. The first-order valence-electron chi connectivity index (χ1n) is 10.5. The summed E-state index contributed by atoms with van der Waals surface area (Å²) in [6.45, 7) is 3.88. The fourth-order valence-electron chi connectivity index (χ4n) is 3.72. The Balaban J connectivity index is 1.57. The lowest BCUT2D eigenvalue weighted by Crippen LogP contribution is -2.47. The van der Waals surface area contributed by atoms with Crippen LogP contribution in [0.5, 0.6) is 0 Å². The highest BCUT2D eigenvalue weighted by molar-refractivity contribution is 7.89. The molecule has 0 saturated carbocycles. The van der Waals surface area contributed by atoms with Crippen LogP contribution < -0.4 is 4.90 Å². The zero-order valence-electron chi connectivity index (χ0n) is 17.8. The van der Waals surface area contributed by atoms with Gasteiger partial charge in [0.1, 0.15) is 10.7 Å². The van der Waals surface area contributed by atoms with Gasteiger partial charge in [0.25, 0.3) is 0 Å². The maximum absolute atomic E-state index is 13.0. The molecule has 0 N–H and O–H groups in total. The summed E-state index contributed by atoms with van der Waals surface area (Å²) in [5.41, 5.74) is 2.35. The Labute approximate surface area is 184 Å². The van der Waals surface area contributed by atoms with E-state index in [9.17, 15) is 8.42 Å². The van der Waals surface area contributed by atoms with Gasteiger partial charge in [0.15, 0.2) is 0 Å². The van der Waals surface area contributed by atoms with E-state index in [-0.39, 0.29) is 4.90 Å². The van der Waals surface area contributed by atoms with Crippen molar-refractivity contribution in [2.75, 3.05) is 38.1 Å². The molecule has 0 unspecified atom stereocenters. The molecule has 0 aliphatic carbocycles. The summed E-state index contributed by atoms with van der Waals surface area (Å²) in [4.78, 5) is 9.11. The van der Waals surface area contributed by atoms with Crippen molar-refractivity contribution >= 4 is 15.8 Å². The predicted octanol–water partition coefficient (Wildman–Crippen LogP) is 3.22. The van der Waals surface area contributed by atoms with Crippen LogP contribution in [0.4, 0.5) is 5.82 Å². The highest BCUT2D eigenvalue weighted by Crippen LogP contribution is 2.22. The van der Waals surface area contributed by atoms with Gasteiger partial charge in [-0.05, 0) is 30.3 Å². The van der Waals surface area contributed by atoms with Crippen LogP contribution in [0.2, 0.25) is 0 Å². The minimum Gasteiger partial charge on any atom is -0.348 e.